The van der Waals surface area contributed by atoms with Crippen LogP contribution in [-0.2, 0) is 6.54 Å². The van der Waals surface area contributed by atoms with E-state index in [4.69, 9.17) is 9.47 Å². The van der Waals surface area contributed by atoms with Crippen LogP contribution >= 0.6 is 0 Å². The van der Waals surface area contributed by atoms with Gasteiger partial charge < -0.3 is 19.9 Å². The van der Waals surface area contributed by atoms with Crippen LogP contribution in [0.5, 0.6) is 17.2 Å². The summed E-state index contributed by atoms with van der Waals surface area (Å²) >= 11 is 0. The Bertz CT molecular complexity index is 611. The molecule has 0 amide bonds. The number of hydrogen-bond acceptors (Lipinski definition) is 4. The molecule has 2 N–H and O–H groups in total. The second-order valence-electron chi connectivity index (χ2n) is 4.77. The van der Waals surface area contributed by atoms with E-state index >= 15 is 0 Å². The fraction of sp³-hybridized carbons (Fsp3) is 0.294. The molecule has 2 aromatic carbocycles. The molecule has 0 saturated carbocycles. The molecule has 0 spiro atoms. The minimum Gasteiger partial charge on any atom is -0.508 e. The Morgan fingerprint density at radius 1 is 1.10 bits per heavy atom. The molecular weight excluding hydrogens is 266 g/mol. The summed E-state index contributed by atoms with van der Waals surface area (Å²) in [6, 6.07) is 11.4. The third-order valence-electron chi connectivity index (χ3n) is 3.22. The van der Waals surface area contributed by atoms with Gasteiger partial charge in [-0.25, -0.2) is 0 Å². The lowest BCUT2D eigenvalue weighted by Crippen LogP contribution is -2.01. The number of phenols is 1. The Labute approximate surface area is 125 Å². The molecule has 0 fully saturated rings. The first kappa shape index (κ1) is 15.0. The van der Waals surface area contributed by atoms with Crippen LogP contribution in [0.25, 0.3) is 0 Å². The largest absolute Gasteiger partial charge is 0.508 e. The number of benzene rings is 2. The van der Waals surface area contributed by atoms with Gasteiger partial charge in [0.1, 0.15) is 5.75 Å². The van der Waals surface area contributed by atoms with Crippen molar-refractivity contribution in [1.29, 1.82) is 0 Å². The molecule has 21 heavy (non-hydrogen) atoms. The van der Waals surface area contributed by atoms with Crippen molar-refractivity contribution in [2.75, 3.05) is 19.0 Å². The van der Waals surface area contributed by atoms with E-state index in [1.54, 1.807) is 13.2 Å². The van der Waals surface area contributed by atoms with Crippen molar-refractivity contribution >= 4 is 5.69 Å². The minimum absolute atomic E-state index is 0.309. The SMILES string of the molecule is CCOc1ccc(CNc2ccc(O)c(C)c2)cc1OC. The van der Waals surface area contributed by atoms with E-state index in [1.165, 1.54) is 0 Å². The lowest BCUT2D eigenvalue weighted by molar-refractivity contribution is 0.310. The van der Waals surface area contributed by atoms with Gasteiger partial charge in [-0.15, -0.1) is 0 Å². The zero-order chi connectivity index (χ0) is 15.2. The molecule has 112 valence electrons. The Morgan fingerprint density at radius 3 is 2.57 bits per heavy atom. The zero-order valence-corrected chi connectivity index (χ0v) is 12.6. The molecule has 0 bridgehead atoms. The number of rotatable bonds is 6. The van der Waals surface area contributed by atoms with Crippen LogP contribution in [0.4, 0.5) is 5.69 Å². The summed E-state index contributed by atoms with van der Waals surface area (Å²) in [7, 11) is 1.64. The molecule has 0 aliphatic heterocycles. The normalized spacial score (nSPS) is 10.2. The van der Waals surface area contributed by atoms with Crippen molar-refractivity contribution < 1.29 is 14.6 Å². The summed E-state index contributed by atoms with van der Waals surface area (Å²) in [5.74, 6) is 1.80. The summed E-state index contributed by atoms with van der Waals surface area (Å²) in [5.41, 5.74) is 2.92. The van der Waals surface area contributed by atoms with Crippen LogP contribution in [0.2, 0.25) is 0 Å². The lowest BCUT2D eigenvalue weighted by Gasteiger charge is -2.12. The van der Waals surface area contributed by atoms with Crippen molar-refractivity contribution in [1.82, 2.24) is 0 Å². The summed E-state index contributed by atoms with van der Waals surface area (Å²) in [4.78, 5) is 0. The van der Waals surface area contributed by atoms with Gasteiger partial charge in [0.05, 0.1) is 13.7 Å². The first-order valence-corrected chi connectivity index (χ1v) is 6.97. The van der Waals surface area contributed by atoms with Crippen LogP contribution in [0.15, 0.2) is 36.4 Å². The number of ether oxygens (including phenoxy) is 2. The summed E-state index contributed by atoms with van der Waals surface area (Å²) in [6.07, 6.45) is 0. The lowest BCUT2D eigenvalue weighted by atomic mass is 10.1. The highest BCUT2D eigenvalue weighted by molar-refractivity contribution is 5.51. The third kappa shape index (κ3) is 3.81. The second kappa shape index (κ2) is 6.88. The molecule has 0 heterocycles. The van der Waals surface area contributed by atoms with Crippen LogP contribution < -0.4 is 14.8 Å². The first-order valence-electron chi connectivity index (χ1n) is 6.97. The van der Waals surface area contributed by atoms with E-state index in [0.29, 0.717) is 18.9 Å². The maximum absolute atomic E-state index is 9.52. The van der Waals surface area contributed by atoms with Crippen molar-refractivity contribution in [2.24, 2.45) is 0 Å². The van der Waals surface area contributed by atoms with Gasteiger partial charge in [-0.05, 0) is 55.3 Å². The van der Waals surface area contributed by atoms with Crippen molar-refractivity contribution in [3.8, 4) is 17.2 Å². The van der Waals surface area contributed by atoms with E-state index < -0.39 is 0 Å². The van der Waals surface area contributed by atoms with Crippen LogP contribution in [0, 0.1) is 6.92 Å². The molecule has 4 nitrogen and oxygen atoms in total. The maximum Gasteiger partial charge on any atom is 0.161 e. The average molecular weight is 287 g/mol. The molecule has 0 saturated heterocycles. The number of hydrogen-bond donors (Lipinski definition) is 2. The molecule has 0 aliphatic carbocycles. The number of phenolic OH excluding ortho intramolecular Hbond substituents is 1. The van der Waals surface area contributed by atoms with Gasteiger partial charge in [-0.2, -0.15) is 0 Å². The van der Waals surface area contributed by atoms with Crippen LogP contribution in [0.1, 0.15) is 18.1 Å². The third-order valence-corrected chi connectivity index (χ3v) is 3.22. The molecule has 2 rings (SSSR count). The highest BCUT2D eigenvalue weighted by Gasteiger charge is 2.05. The van der Waals surface area contributed by atoms with E-state index in [0.717, 1.165) is 28.3 Å². The number of anilines is 1. The second-order valence-corrected chi connectivity index (χ2v) is 4.77. The smallest absolute Gasteiger partial charge is 0.161 e. The number of aryl methyl sites for hydroxylation is 1. The molecule has 0 aliphatic rings. The van der Waals surface area contributed by atoms with E-state index in [9.17, 15) is 5.11 Å². The van der Waals surface area contributed by atoms with E-state index in [1.807, 2.05) is 44.2 Å². The number of methoxy groups -OCH3 is 1. The van der Waals surface area contributed by atoms with E-state index in [-0.39, 0.29) is 0 Å². The van der Waals surface area contributed by atoms with Gasteiger partial charge >= 0.3 is 0 Å². The summed E-state index contributed by atoms with van der Waals surface area (Å²) in [5, 5.41) is 12.8. The first-order chi connectivity index (χ1) is 10.1. The quantitative estimate of drug-likeness (QED) is 0.795. The predicted octanol–water partition coefficient (Wildman–Crippen LogP) is 3.72. The zero-order valence-electron chi connectivity index (χ0n) is 12.6. The fourth-order valence-corrected chi connectivity index (χ4v) is 2.07. The highest BCUT2D eigenvalue weighted by Crippen LogP contribution is 2.28. The van der Waals surface area contributed by atoms with Gasteiger partial charge in [-0.3, -0.25) is 0 Å². The molecule has 4 heteroatoms. The Morgan fingerprint density at radius 2 is 1.90 bits per heavy atom. The average Bonchev–Trinajstić information content (AvgIpc) is 2.49. The Balaban J connectivity index is 2.07. The molecule has 0 aromatic heterocycles. The standard InChI is InChI=1S/C17H21NO3/c1-4-21-16-8-5-13(10-17(16)20-3)11-18-14-6-7-15(19)12(2)9-14/h5-10,18-19H,4,11H2,1-3H3. The Hall–Kier alpha value is -2.36. The van der Waals surface area contributed by atoms with Gasteiger partial charge in [0.15, 0.2) is 11.5 Å². The van der Waals surface area contributed by atoms with Crippen LogP contribution in [-0.4, -0.2) is 18.8 Å². The molecule has 0 radical (unpaired) electrons. The predicted molar refractivity (Wildman–Crippen MR) is 84.3 cm³/mol. The molecule has 2 aromatic rings. The minimum atomic E-state index is 0.309. The highest BCUT2D eigenvalue weighted by atomic mass is 16.5. The summed E-state index contributed by atoms with van der Waals surface area (Å²) in [6.45, 7) is 5.11. The number of aromatic hydroxyl groups is 1. The van der Waals surface area contributed by atoms with Gasteiger partial charge in [0, 0.05) is 12.2 Å². The molecule has 0 atom stereocenters. The monoisotopic (exact) mass is 287 g/mol. The van der Waals surface area contributed by atoms with Crippen molar-refractivity contribution in [2.45, 2.75) is 20.4 Å². The van der Waals surface area contributed by atoms with Gasteiger partial charge in [0.25, 0.3) is 0 Å². The van der Waals surface area contributed by atoms with Crippen molar-refractivity contribution in [3.63, 3.8) is 0 Å². The molecule has 0 unspecified atom stereocenters. The fourth-order valence-electron chi connectivity index (χ4n) is 2.07. The maximum atomic E-state index is 9.52. The molecular formula is C17H21NO3. The van der Waals surface area contributed by atoms with Crippen molar-refractivity contribution in [3.05, 3.63) is 47.5 Å². The van der Waals surface area contributed by atoms with Gasteiger partial charge in [0.2, 0.25) is 0 Å². The Kier molecular flexibility index (Phi) is 4.93. The van der Waals surface area contributed by atoms with Gasteiger partial charge in [-0.1, -0.05) is 6.07 Å². The van der Waals surface area contributed by atoms with E-state index in [2.05, 4.69) is 5.32 Å². The van der Waals surface area contributed by atoms with Crippen LogP contribution in [0.3, 0.4) is 0 Å². The summed E-state index contributed by atoms with van der Waals surface area (Å²) < 4.78 is 10.8. The topological polar surface area (TPSA) is 50.7 Å². The number of nitrogens with one attached hydrogen (secondary N) is 1.